The fraction of sp³-hybridized carbons (Fsp3) is 0.429. The van der Waals surface area contributed by atoms with E-state index in [4.69, 9.17) is 10.6 Å². The molecule has 2 rings (SSSR count). The Hall–Kier alpha value is -1.16. The van der Waals surface area contributed by atoms with Crippen LogP contribution in [0.1, 0.15) is 30.6 Å². The molecule has 2 unspecified atom stereocenters. The van der Waals surface area contributed by atoms with Gasteiger partial charge in [-0.25, -0.2) is 0 Å². The molecule has 0 radical (unpaired) electrons. The van der Waals surface area contributed by atoms with Crippen LogP contribution in [-0.4, -0.2) is 12.6 Å². The van der Waals surface area contributed by atoms with Gasteiger partial charge in [-0.2, -0.15) is 0 Å². The van der Waals surface area contributed by atoms with Crippen LogP contribution in [0.15, 0.2) is 36.4 Å². The Balaban J connectivity index is 2.24. The molecule has 1 aliphatic heterocycles. The van der Waals surface area contributed by atoms with Gasteiger partial charge >= 0.3 is 0 Å². The number of fused-ring (bicyclic) bond motifs is 1. The number of hydrazine groups is 1. The van der Waals surface area contributed by atoms with E-state index < -0.39 is 0 Å². The molecule has 0 spiro atoms. The third kappa shape index (κ3) is 2.75. The molecule has 2 atom stereocenters. The maximum absolute atomic E-state index is 5.87. The lowest BCUT2D eigenvalue weighted by Gasteiger charge is -2.32. The lowest BCUT2D eigenvalue weighted by molar-refractivity contribution is 0.0154. The number of nitrogens with one attached hydrogen (secondary N) is 1. The van der Waals surface area contributed by atoms with E-state index in [0.717, 1.165) is 25.0 Å². The summed E-state index contributed by atoms with van der Waals surface area (Å²) in [6, 6.07) is 8.51. The monoisotopic (exact) mass is 232 g/mol. The minimum absolute atomic E-state index is 0.0293. The lowest BCUT2D eigenvalue weighted by Crippen LogP contribution is -2.42. The minimum atomic E-state index is 0.0293. The number of hydrogen-bond donors (Lipinski definition) is 2. The highest BCUT2D eigenvalue weighted by atomic mass is 16.5. The largest absolute Gasteiger partial charge is 0.371 e. The molecule has 1 aliphatic rings. The zero-order chi connectivity index (χ0) is 12.3. The molecule has 3 N–H and O–H groups in total. The van der Waals surface area contributed by atoms with Crippen molar-refractivity contribution in [3.63, 3.8) is 0 Å². The number of benzene rings is 1. The highest BCUT2D eigenvalue weighted by Crippen LogP contribution is 2.31. The summed E-state index contributed by atoms with van der Waals surface area (Å²) in [6.45, 7) is 6.72. The van der Waals surface area contributed by atoms with Crippen LogP contribution in [0.4, 0.5) is 0 Å². The molecule has 0 saturated carbocycles. The first kappa shape index (κ1) is 12.3. The normalized spacial score (nSPS) is 20.7. The Morgan fingerprint density at radius 3 is 3.06 bits per heavy atom. The van der Waals surface area contributed by atoms with Gasteiger partial charge in [0.05, 0.1) is 18.8 Å². The molecule has 92 valence electrons. The second-order valence-electron chi connectivity index (χ2n) is 4.67. The van der Waals surface area contributed by atoms with Gasteiger partial charge in [-0.1, -0.05) is 29.8 Å². The van der Waals surface area contributed by atoms with Gasteiger partial charge in [0.1, 0.15) is 0 Å². The number of nitrogens with two attached hydrogens (primary N) is 1. The Morgan fingerprint density at radius 2 is 2.35 bits per heavy atom. The second kappa shape index (κ2) is 5.45. The van der Waals surface area contributed by atoms with Crippen LogP contribution >= 0.6 is 0 Å². The smallest absolute Gasteiger partial charge is 0.0997 e. The molecular formula is C14H20N2O. The fourth-order valence-corrected chi connectivity index (χ4v) is 2.39. The SMILES string of the molecule is C=C(C)CC(NN)C1OCCc2ccccc21. The first-order valence-electron chi connectivity index (χ1n) is 6.02. The molecule has 0 aliphatic carbocycles. The van der Waals surface area contributed by atoms with Crippen LogP contribution in [0, 0.1) is 0 Å². The summed E-state index contributed by atoms with van der Waals surface area (Å²) in [5.41, 5.74) is 6.59. The van der Waals surface area contributed by atoms with Crippen LogP contribution in [0.3, 0.4) is 0 Å². The highest BCUT2D eigenvalue weighted by molar-refractivity contribution is 5.32. The van der Waals surface area contributed by atoms with Gasteiger partial charge in [0.2, 0.25) is 0 Å². The van der Waals surface area contributed by atoms with Gasteiger partial charge in [0.25, 0.3) is 0 Å². The highest BCUT2D eigenvalue weighted by Gasteiger charge is 2.27. The summed E-state index contributed by atoms with van der Waals surface area (Å²) in [4.78, 5) is 0. The Morgan fingerprint density at radius 1 is 1.59 bits per heavy atom. The summed E-state index contributed by atoms with van der Waals surface area (Å²) in [7, 11) is 0. The van der Waals surface area contributed by atoms with Crippen molar-refractivity contribution in [2.24, 2.45) is 5.84 Å². The number of rotatable bonds is 4. The number of hydrogen-bond acceptors (Lipinski definition) is 3. The second-order valence-corrected chi connectivity index (χ2v) is 4.67. The van der Waals surface area contributed by atoms with Crippen LogP contribution in [0.2, 0.25) is 0 Å². The van der Waals surface area contributed by atoms with Crippen molar-refractivity contribution in [2.75, 3.05) is 6.61 Å². The van der Waals surface area contributed by atoms with Crippen molar-refractivity contribution in [1.29, 1.82) is 0 Å². The van der Waals surface area contributed by atoms with E-state index in [9.17, 15) is 0 Å². The standard InChI is InChI=1S/C14H20N2O/c1-10(2)9-13(16-15)14-12-6-4-3-5-11(12)7-8-17-14/h3-6,13-14,16H,1,7-9,15H2,2H3. The molecule has 1 aromatic rings. The van der Waals surface area contributed by atoms with Crippen LogP contribution in [-0.2, 0) is 11.2 Å². The first-order chi connectivity index (χ1) is 8.22. The number of ether oxygens (including phenoxy) is 1. The van der Waals surface area contributed by atoms with Crippen LogP contribution in [0.25, 0.3) is 0 Å². The maximum Gasteiger partial charge on any atom is 0.0997 e. The van der Waals surface area contributed by atoms with Crippen molar-refractivity contribution in [2.45, 2.75) is 31.9 Å². The van der Waals surface area contributed by atoms with Crippen molar-refractivity contribution < 1.29 is 4.74 Å². The molecule has 0 fully saturated rings. The summed E-state index contributed by atoms with van der Waals surface area (Å²) in [5, 5.41) is 0. The Kier molecular flexibility index (Phi) is 3.94. The molecular weight excluding hydrogens is 212 g/mol. The van der Waals surface area contributed by atoms with E-state index >= 15 is 0 Å². The third-order valence-electron chi connectivity index (χ3n) is 3.18. The third-order valence-corrected chi connectivity index (χ3v) is 3.18. The molecule has 0 bridgehead atoms. The van der Waals surface area contributed by atoms with E-state index in [2.05, 4.69) is 36.3 Å². The van der Waals surface area contributed by atoms with Gasteiger partial charge in [-0.3, -0.25) is 11.3 Å². The molecule has 1 heterocycles. The van der Waals surface area contributed by atoms with E-state index in [1.165, 1.54) is 11.1 Å². The summed E-state index contributed by atoms with van der Waals surface area (Å²) in [6.07, 6.45) is 1.84. The molecule has 3 heteroatoms. The predicted molar refractivity (Wildman–Crippen MR) is 69.4 cm³/mol. The van der Waals surface area contributed by atoms with Gasteiger partial charge < -0.3 is 4.74 Å². The zero-order valence-corrected chi connectivity index (χ0v) is 10.3. The van der Waals surface area contributed by atoms with Gasteiger partial charge in [-0.15, -0.1) is 6.58 Å². The summed E-state index contributed by atoms with van der Waals surface area (Å²) in [5.74, 6) is 5.64. The van der Waals surface area contributed by atoms with E-state index in [0.29, 0.717) is 0 Å². The van der Waals surface area contributed by atoms with Gasteiger partial charge in [0, 0.05) is 0 Å². The van der Waals surface area contributed by atoms with Crippen LogP contribution in [0.5, 0.6) is 0 Å². The average molecular weight is 232 g/mol. The molecule has 17 heavy (non-hydrogen) atoms. The lowest BCUT2D eigenvalue weighted by atomic mass is 9.91. The van der Waals surface area contributed by atoms with Crippen molar-refractivity contribution in [3.05, 3.63) is 47.5 Å². The minimum Gasteiger partial charge on any atom is -0.371 e. The average Bonchev–Trinajstić information content (AvgIpc) is 2.35. The van der Waals surface area contributed by atoms with Gasteiger partial charge in [-0.05, 0) is 30.9 Å². The topological polar surface area (TPSA) is 47.3 Å². The van der Waals surface area contributed by atoms with E-state index in [-0.39, 0.29) is 12.1 Å². The Bertz CT molecular complexity index is 403. The summed E-state index contributed by atoms with van der Waals surface area (Å²) < 4.78 is 5.87. The molecule has 1 aromatic carbocycles. The van der Waals surface area contributed by atoms with Gasteiger partial charge in [0.15, 0.2) is 0 Å². The van der Waals surface area contributed by atoms with Crippen molar-refractivity contribution in [1.82, 2.24) is 5.43 Å². The molecule has 3 nitrogen and oxygen atoms in total. The first-order valence-corrected chi connectivity index (χ1v) is 6.02. The Labute approximate surface area is 103 Å². The molecule has 0 aromatic heterocycles. The van der Waals surface area contributed by atoms with E-state index in [1.54, 1.807) is 0 Å². The summed E-state index contributed by atoms with van der Waals surface area (Å²) >= 11 is 0. The van der Waals surface area contributed by atoms with Crippen molar-refractivity contribution in [3.8, 4) is 0 Å². The zero-order valence-electron chi connectivity index (χ0n) is 10.3. The molecule has 0 amide bonds. The van der Waals surface area contributed by atoms with Crippen LogP contribution < -0.4 is 11.3 Å². The fourth-order valence-electron chi connectivity index (χ4n) is 2.39. The molecule has 0 saturated heterocycles. The predicted octanol–water partition coefficient (Wildman–Crippen LogP) is 2.10. The van der Waals surface area contributed by atoms with E-state index in [1.807, 2.05) is 6.92 Å². The quantitative estimate of drug-likeness (QED) is 0.475. The maximum atomic E-state index is 5.87. The van der Waals surface area contributed by atoms with Crippen molar-refractivity contribution >= 4 is 0 Å².